The van der Waals surface area contributed by atoms with Crippen LogP contribution < -0.4 is 10.6 Å². The van der Waals surface area contributed by atoms with Gasteiger partial charge in [0.1, 0.15) is 17.4 Å². The van der Waals surface area contributed by atoms with Gasteiger partial charge < -0.3 is 20.8 Å². The number of anilines is 4. The van der Waals surface area contributed by atoms with E-state index in [-0.39, 0.29) is 29.7 Å². The Labute approximate surface area is 197 Å². The summed E-state index contributed by atoms with van der Waals surface area (Å²) in [5, 5.41) is 26.2. The number of hydrogen-bond donors (Lipinski definition) is 4. The summed E-state index contributed by atoms with van der Waals surface area (Å²) in [7, 11) is 0. The maximum Gasteiger partial charge on any atom is 0.173 e. The minimum Gasteiger partial charge on any atom is -0.508 e. The first-order valence-electron chi connectivity index (χ1n) is 11.4. The van der Waals surface area contributed by atoms with Crippen molar-refractivity contribution in [2.45, 2.75) is 38.8 Å². The lowest BCUT2D eigenvalue weighted by molar-refractivity contribution is 0.0668. The summed E-state index contributed by atoms with van der Waals surface area (Å²) in [6.07, 6.45) is 3.25. The Morgan fingerprint density at radius 2 is 2.09 bits per heavy atom. The molecule has 3 heterocycles. The lowest BCUT2D eigenvalue weighted by Crippen LogP contribution is -2.37. The third-order valence-corrected chi connectivity index (χ3v) is 6.45. The van der Waals surface area contributed by atoms with Crippen LogP contribution in [0.25, 0.3) is 0 Å². The number of pyridine rings is 1. The molecule has 2 aliphatic heterocycles. The zero-order valence-corrected chi connectivity index (χ0v) is 18.9. The molecule has 2 aliphatic rings. The number of aromatic nitrogens is 1. The van der Waals surface area contributed by atoms with Crippen molar-refractivity contribution in [3.8, 4) is 5.75 Å². The van der Waals surface area contributed by atoms with Crippen LogP contribution in [0.1, 0.15) is 39.9 Å². The number of benzene rings is 2. The molecule has 0 saturated carbocycles. The molecule has 3 aromatic rings. The number of phenols is 1. The molecule has 2 aromatic carbocycles. The Morgan fingerprint density at radius 1 is 1.24 bits per heavy atom. The molecule has 5 rings (SSSR count). The normalized spacial score (nSPS) is 18.0. The molecular weight excluding hydrogens is 435 g/mol. The molecule has 0 amide bonds. The number of aliphatic hydroxyl groups excluding tert-OH is 1. The van der Waals surface area contributed by atoms with Crippen molar-refractivity contribution >= 4 is 28.7 Å². The molecule has 176 valence electrons. The predicted molar refractivity (Wildman–Crippen MR) is 129 cm³/mol. The summed E-state index contributed by atoms with van der Waals surface area (Å²) in [6.45, 7) is 3.93. The largest absolute Gasteiger partial charge is 0.508 e. The molecule has 0 unspecified atom stereocenters. The number of aliphatic hydroxyl groups is 1. The van der Waals surface area contributed by atoms with Gasteiger partial charge >= 0.3 is 0 Å². The van der Waals surface area contributed by atoms with E-state index in [9.17, 15) is 19.4 Å². The number of nitrogens with zero attached hydrogens (tertiary/aromatic N) is 2. The number of phenolic OH excluding ortho intramolecular Hbond substituents is 1. The van der Waals surface area contributed by atoms with Gasteiger partial charge in [-0.1, -0.05) is 12.1 Å². The van der Waals surface area contributed by atoms with E-state index in [4.69, 9.17) is 0 Å². The van der Waals surface area contributed by atoms with Crippen LogP contribution in [0.5, 0.6) is 5.75 Å². The number of nitrogens with one attached hydrogen (secondary N) is 2. The Kier molecular flexibility index (Phi) is 5.93. The maximum absolute atomic E-state index is 14.5. The number of likely N-dealkylation sites (tertiary alicyclic amines) is 1. The fourth-order valence-electron chi connectivity index (χ4n) is 4.68. The van der Waals surface area contributed by atoms with E-state index < -0.39 is 5.82 Å². The highest BCUT2D eigenvalue weighted by atomic mass is 19.1. The maximum atomic E-state index is 14.5. The van der Waals surface area contributed by atoms with E-state index in [1.165, 1.54) is 12.1 Å². The number of carbonyl (C=O) groups excluding carboxylic acids is 1. The van der Waals surface area contributed by atoms with E-state index in [0.29, 0.717) is 35.7 Å². The summed E-state index contributed by atoms with van der Waals surface area (Å²) in [4.78, 5) is 19.9. The van der Waals surface area contributed by atoms with Crippen LogP contribution in [0.2, 0.25) is 0 Å². The van der Waals surface area contributed by atoms with Crippen molar-refractivity contribution in [2.75, 3.05) is 23.7 Å². The van der Waals surface area contributed by atoms with Gasteiger partial charge in [-0.3, -0.25) is 9.69 Å². The molecule has 0 radical (unpaired) electrons. The number of aromatic hydroxyl groups is 1. The van der Waals surface area contributed by atoms with Gasteiger partial charge in [-0.2, -0.15) is 0 Å². The van der Waals surface area contributed by atoms with Crippen LogP contribution in [0.4, 0.5) is 27.3 Å². The Morgan fingerprint density at radius 3 is 2.91 bits per heavy atom. The Bertz CT molecular complexity index is 1260. The van der Waals surface area contributed by atoms with Gasteiger partial charge in [-0.15, -0.1) is 0 Å². The van der Waals surface area contributed by atoms with Crippen LogP contribution in [0.15, 0.2) is 42.6 Å². The van der Waals surface area contributed by atoms with Gasteiger partial charge in [0.2, 0.25) is 0 Å². The molecule has 8 heteroatoms. The predicted octanol–water partition coefficient (Wildman–Crippen LogP) is 4.42. The van der Waals surface area contributed by atoms with Crippen molar-refractivity contribution in [3.05, 3.63) is 70.7 Å². The molecule has 1 aromatic heterocycles. The second-order valence-corrected chi connectivity index (χ2v) is 9.07. The first kappa shape index (κ1) is 22.3. The molecule has 7 nitrogen and oxygen atoms in total. The third kappa shape index (κ3) is 4.47. The quantitative estimate of drug-likeness (QED) is 0.456. The fraction of sp³-hybridized carbons (Fsp3) is 0.308. The summed E-state index contributed by atoms with van der Waals surface area (Å²) >= 11 is 0. The highest BCUT2D eigenvalue weighted by molar-refractivity contribution is 6.09. The number of rotatable bonds is 4. The lowest BCUT2D eigenvalue weighted by atomic mass is 10.0. The molecule has 0 spiro atoms. The summed E-state index contributed by atoms with van der Waals surface area (Å²) in [5.74, 6) is -0.295. The number of halogens is 1. The van der Waals surface area contributed by atoms with Gasteiger partial charge in [-0.05, 0) is 61.2 Å². The van der Waals surface area contributed by atoms with Gasteiger partial charge in [0.15, 0.2) is 5.78 Å². The summed E-state index contributed by atoms with van der Waals surface area (Å²) in [6, 6.07) is 10.2. The molecule has 1 atom stereocenters. The van der Waals surface area contributed by atoms with Crippen LogP contribution in [-0.2, 0) is 13.0 Å². The van der Waals surface area contributed by atoms with Crippen molar-refractivity contribution in [1.82, 2.24) is 9.88 Å². The van der Waals surface area contributed by atoms with Crippen molar-refractivity contribution in [1.29, 1.82) is 0 Å². The number of aryl methyl sites for hydroxylation is 1. The number of piperidine rings is 1. The summed E-state index contributed by atoms with van der Waals surface area (Å²) < 4.78 is 14.5. The van der Waals surface area contributed by atoms with E-state index in [1.54, 1.807) is 19.2 Å². The SMILES string of the molecule is Cc1cc(F)c(Nc2ccnc3c2C(=O)Cc2cc(CN4CCC[C@H](O)C4)ccc2N3)cc1O. The lowest BCUT2D eigenvalue weighted by Gasteiger charge is -2.30. The molecule has 0 bridgehead atoms. The first-order chi connectivity index (χ1) is 16.4. The van der Waals surface area contributed by atoms with Gasteiger partial charge in [0, 0.05) is 37.5 Å². The highest BCUT2D eigenvalue weighted by Gasteiger charge is 2.25. The van der Waals surface area contributed by atoms with Crippen molar-refractivity contribution < 1.29 is 19.4 Å². The average molecular weight is 463 g/mol. The van der Waals surface area contributed by atoms with E-state index in [2.05, 4.69) is 20.5 Å². The van der Waals surface area contributed by atoms with Crippen LogP contribution in [0, 0.1) is 12.7 Å². The summed E-state index contributed by atoms with van der Waals surface area (Å²) in [5.41, 5.74) is 4.02. The molecule has 1 fully saturated rings. The first-order valence-corrected chi connectivity index (χ1v) is 11.4. The second kappa shape index (κ2) is 9.04. The zero-order chi connectivity index (χ0) is 23.8. The fourth-order valence-corrected chi connectivity index (χ4v) is 4.68. The minimum absolute atomic E-state index is 0.0327. The number of β-amino-alcohol motifs (C(OH)–C–C–N with tert-alkyl or cyclic N) is 1. The molecule has 1 saturated heterocycles. The topological polar surface area (TPSA) is 97.7 Å². The van der Waals surface area contributed by atoms with Crippen molar-refractivity contribution in [2.24, 2.45) is 0 Å². The number of fused-ring (bicyclic) bond motifs is 2. The molecule has 0 aliphatic carbocycles. The number of hydrogen-bond acceptors (Lipinski definition) is 7. The second-order valence-electron chi connectivity index (χ2n) is 9.07. The standard InChI is InChI=1S/C26H27FN4O3/c1-15-9-19(27)22(12-23(15)33)29-21-6-7-28-26-25(21)24(34)11-17-10-16(4-5-20(17)30-26)13-31-8-2-3-18(32)14-31/h4-7,9-10,12,18,32-33H,2-3,8,11,13-14H2,1H3,(H2,28,29,30)/t18-/m0/s1. The Balaban J connectivity index is 1.42. The Hall–Kier alpha value is -3.49. The van der Waals surface area contributed by atoms with Gasteiger partial charge in [-0.25, -0.2) is 9.37 Å². The number of ketones is 1. The van der Waals surface area contributed by atoms with Crippen LogP contribution in [-0.4, -0.2) is 45.1 Å². The third-order valence-electron chi connectivity index (χ3n) is 6.45. The van der Waals surface area contributed by atoms with E-state index in [0.717, 1.165) is 36.2 Å². The van der Waals surface area contributed by atoms with E-state index in [1.807, 2.05) is 18.2 Å². The van der Waals surface area contributed by atoms with E-state index >= 15 is 0 Å². The minimum atomic E-state index is -0.523. The zero-order valence-electron chi connectivity index (χ0n) is 18.9. The molecule has 34 heavy (non-hydrogen) atoms. The molecule has 4 N–H and O–H groups in total. The van der Waals surface area contributed by atoms with Gasteiger partial charge in [0.25, 0.3) is 0 Å². The van der Waals surface area contributed by atoms with Gasteiger partial charge in [0.05, 0.1) is 23.0 Å². The monoisotopic (exact) mass is 462 g/mol. The van der Waals surface area contributed by atoms with Crippen LogP contribution >= 0.6 is 0 Å². The van der Waals surface area contributed by atoms with Crippen LogP contribution in [0.3, 0.4) is 0 Å². The smallest absolute Gasteiger partial charge is 0.173 e. The highest BCUT2D eigenvalue weighted by Crippen LogP contribution is 2.35. The number of carbonyl (C=O) groups is 1. The molecular formula is C26H27FN4O3. The van der Waals surface area contributed by atoms with Crippen molar-refractivity contribution in [3.63, 3.8) is 0 Å². The number of Topliss-reactive ketones (excluding diaryl/α,β-unsaturated/α-hetero) is 1. The average Bonchev–Trinajstić information content (AvgIpc) is 2.93.